The van der Waals surface area contributed by atoms with Crippen LogP contribution >= 0.6 is 11.8 Å². The van der Waals surface area contributed by atoms with Crippen molar-refractivity contribution in [1.29, 1.82) is 0 Å². The number of aromatic nitrogens is 2. The molecule has 130 valence electrons. The van der Waals surface area contributed by atoms with Crippen LogP contribution in [0.15, 0.2) is 95.0 Å². The Kier molecular flexibility index (Phi) is 4.53. The highest BCUT2D eigenvalue weighted by molar-refractivity contribution is 7.99. The van der Waals surface area contributed by atoms with Gasteiger partial charge in [0.05, 0.1) is 15.9 Å². The Hall–Kier alpha value is -2.57. The fraction of sp³-hybridized carbons (Fsp3) is 0.0500. The van der Waals surface area contributed by atoms with E-state index in [1.165, 1.54) is 15.7 Å². The topological polar surface area (TPSA) is 52.0 Å². The molecule has 0 fully saturated rings. The van der Waals surface area contributed by atoms with Crippen LogP contribution in [0.25, 0.3) is 11.0 Å². The molecule has 0 unspecified atom stereocenters. The second-order valence-electron chi connectivity index (χ2n) is 5.74. The normalized spacial score (nSPS) is 11.7. The quantitative estimate of drug-likeness (QED) is 0.476. The van der Waals surface area contributed by atoms with Crippen molar-refractivity contribution in [3.63, 3.8) is 0 Å². The van der Waals surface area contributed by atoms with E-state index in [1.54, 1.807) is 36.4 Å². The third kappa shape index (κ3) is 3.13. The minimum absolute atomic E-state index is 0.254. The Bertz CT molecular complexity index is 1140. The zero-order valence-corrected chi connectivity index (χ0v) is 15.5. The molecule has 0 N–H and O–H groups in total. The van der Waals surface area contributed by atoms with Crippen molar-refractivity contribution in [2.24, 2.45) is 0 Å². The first kappa shape index (κ1) is 16.9. The number of hydrogen-bond acceptors (Lipinski definition) is 4. The molecule has 0 atom stereocenters. The molecule has 0 aliphatic rings. The van der Waals surface area contributed by atoms with Crippen LogP contribution in [0.2, 0.25) is 0 Å². The smallest absolute Gasteiger partial charge is 0.222 e. The molecule has 0 saturated heterocycles. The molecule has 26 heavy (non-hydrogen) atoms. The lowest BCUT2D eigenvalue weighted by molar-refractivity contribution is 0.584. The summed E-state index contributed by atoms with van der Waals surface area (Å²) in [5, 5.41) is 0.471. The first-order valence-corrected chi connectivity index (χ1v) is 10.5. The second kappa shape index (κ2) is 6.97. The monoisotopic (exact) mass is 380 g/mol. The van der Waals surface area contributed by atoms with E-state index >= 15 is 0 Å². The SMILES string of the molecule is O=S(=O)(c1ccccc1)n1c(SCc2ccccc2)nc2ccccc21. The maximum atomic E-state index is 13.3. The average Bonchev–Trinajstić information content (AvgIpc) is 3.07. The fourth-order valence-electron chi connectivity index (χ4n) is 2.73. The Balaban J connectivity index is 1.82. The van der Waals surface area contributed by atoms with E-state index in [-0.39, 0.29) is 4.90 Å². The molecule has 0 spiro atoms. The van der Waals surface area contributed by atoms with Gasteiger partial charge in [-0.1, -0.05) is 72.4 Å². The summed E-state index contributed by atoms with van der Waals surface area (Å²) in [4.78, 5) is 4.82. The van der Waals surface area contributed by atoms with Crippen LogP contribution in [0.3, 0.4) is 0 Å². The lowest BCUT2D eigenvalue weighted by atomic mass is 10.2. The first-order chi connectivity index (χ1) is 12.7. The van der Waals surface area contributed by atoms with Gasteiger partial charge in [-0.05, 0) is 29.8 Å². The molecular weight excluding hydrogens is 364 g/mol. The molecule has 4 aromatic rings. The number of benzene rings is 3. The Morgan fingerprint density at radius 2 is 1.42 bits per heavy atom. The van der Waals surface area contributed by atoms with E-state index < -0.39 is 10.0 Å². The highest BCUT2D eigenvalue weighted by Gasteiger charge is 2.24. The molecule has 0 bridgehead atoms. The van der Waals surface area contributed by atoms with Crippen molar-refractivity contribution in [2.75, 3.05) is 0 Å². The molecule has 1 heterocycles. The minimum Gasteiger partial charge on any atom is -0.222 e. The number of imidazole rings is 1. The van der Waals surface area contributed by atoms with Gasteiger partial charge >= 0.3 is 0 Å². The van der Waals surface area contributed by atoms with Crippen molar-refractivity contribution in [3.05, 3.63) is 90.5 Å². The van der Waals surface area contributed by atoms with E-state index in [0.717, 1.165) is 5.56 Å². The predicted octanol–water partition coefficient (Wildman–Crippen LogP) is 4.57. The predicted molar refractivity (Wildman–Crippen MR) is 105 cm³/mol. The lowest BCUT2D eigenvalue weighted by Crippen LogP contribution is -2.14. The summed E-state index contributed by atoms with van der Waals surface area (Å²) in [5.74, 6) is 0.647. The van der Waals surface area contributed by atoms with Crippen LogP contribution in [0.5, 0.6) is 0 Å². The molecule has 6 heteroatoms. The van der Waals surface area contributed by atoms with Crippen molar-refractivity contribution in [3.8, 4) is 0 Å². The molecule has 0 aliphatic carbocycles. The number of thioether (sulfide) groups is 1. The van der Waals surface area contributed by atoms with Crippen LogP contribution in [0.4, 0.5) is 0 Å². The van der Waals surface area contributed by atoms with Crippen molar-refractivity contribution >= 4 is 32.8 Å². The van der Waals surface area contributed by atoms with E-state index in [9.17, 15) is 8.42 Å². The Labute approximate surface area is 156 Å². The largest absolute Gasteiger partial charge is 0.270 e. The standard InChI is InChI=1S/C20H16N2O2S2/c23-26(24,17-11-5-2-6-12-17)22-19-14-8-7-13-18(19)21-20(22)25-15-16-9-3-1-4-10-16/h1-14H,15H2. The second-order valence-corrected chi connectivity index (χ2v) is 8.47. The van der Waals surface area contributed by atoms with Gasteiger partial charge in [0, 0.05) is 5.75 Å². The molecule has 3 aromatic carbocycles. The van der Waals surface area contributed by atoms with Crippen molar-refractivity contribution in [1.82, 2.24) is 8.96 Å². The molecule has 4 nitrogen and oxygen atoms in total. The number of rotatable bonds is 5. The third-order valence-electron chi connectivity index (χ3n) is 3.98. The fourth-order valence-corrected chi connectivity index (χ4v) is 5.42. The highest BCUT2D eigenvalue weighted by atomic mass is 32.2. The van der Waals surface area contributed by atoms with Crippen LogP contribution in [-0.4, -0.2) is 17.4 Å². The van der Waals surface area contributed by atoms with Crippen molar-refractivity contribution in [2.45, 2.75) is 15.8 Å². The molecule has 0 saturated carbocycles. The third-order valence-corrected chi connectivity index (χ3v) is 6.83. The molecule has 4 rings (SSSR count). The van der Waals surface area contributed by atoms with Crippen LogP contribution in [0.1, 0.15) is 5.56 Å². The van der Waals surface area contributed by atoms with Crippen molar-refractivity contribution < 1.29 is 8.42 Å². The lowest BCUT2D eigenvalue weighted by Gasteiger charge is -2.10. The van der Waals surface area contributed by atoms with Gasteiger partial charge in [0.25, 0.3) is 10.0 Å². The molecule has 0 amide bonds. The molecule has 1 aromatic heterocycles. The van der Waals surface area contributed by atoms with E-state index in [0.29, 0.717) is 21.9 Å². The minimum atomic E-state index is -3.72. The van der Waals surface area contributed by atoms with Crippen LogP contribution in [0, 0.1) is 0 Å². The molecule has 0 radical (unpaired) electrons. The van der Waals surface area contributed by atoms with Crippen LogP contribution < -0.4 is 0 Å². The van der Waals surface area contributed by atoms with Gasteiger partial charge in [0.15, 0.2) is 5.16 Å². The summed E-state index contributed by atoms with van der Waals surface area (Å²) in [6.07, 6.45) is 0. The van der Waals surface area contributed by atoms with Gasteiger partial charge in [-0.25, -0.2) is 17.4 Å². The van der Waals surface area contributed by atoms with Gasteiger partial charge in [-0.15, -0.1) is 0 Å². The Morgan fingerprint density at radius 1 is 0.808 bits per heavy atom. The van der Waals surface area contributed by atoms with Gasteiger partial charge in [0.1, 0.15) is 0 Å². The van der Waals surface area contributed by atoms with Gasteiger partial charge < -0.3 is 0 Å². The van der Waals surface area contributed by atoms with Gasteiger partial charge in [-0.3, -0.25) is 0 Å². The number of fused-ring (bicyclic) bond motifs is 1. The zero-order chi connectivity index (χ0) is 18.0. The summed E-state index contributed by atoms with van der Waals surface area (Å²) in [6, 6.07) is 25.7. The zero-order valence-electron chi connectivity index (χ0n) is 13.8. The summed E-state index contributed by atoms with van der Waals surface area (Å²) >= 11 is 1.42. The van der Waals surface area contributed by atoms with E-state index in [1.807, 2.05) is 48.5 Å². The summed E-state index contributed by atoms with van der Waals surface area (Å²) in [6.45, 7) is 0. The Morgan fingerprint density at radius 3 is 2.15 bits per heavy atom. The number of para-hydroxylation sites is 2. The maximum Gasteiger partial charge on any atom is 0.270 e. The summed E-state index contributed by atoms with van der Waals surface area (Å²) < 4.78 is 27.9. The molecular formula is C20H16N2O2S2. The highest BCUT2D eigenvalue weighted by Crippen LogP contribution is 2.30. The summed E-state index contributed by atoms with van der Waals surface area (Å²) in [7, 11) is -3.72. The van der Waals surface area contributed by atoms with E-state index in [2.05, 4.69) is 4.98 Å². The van der Waals surface area contributed by atoms with E-state index in [4.69, 9.17) is 0 Å². The van der Waals surface area contributed by atoms with Crippen LogP contribution in [-0.2, 0) is 15.8 Å². The van der Waals surface area contributed by atoms with Gasteiger partial charge in [-0.2, -0.15) is 0 Å². The number of hydrogen-bond donors (Lipinski definition) is 0. The molecule has 0 aliphatic heterocycles. The van der Waals surface area contributed by atoms with Gasteiger partial charge in [0.2, 0.25) is 0 Å². The summed E-state index contributed by atoms with van der Waals surface area (Å²) in [5.41, 5.74) is 2.38. The maximum absolute atomic E-state index is 13.3. The average molecular weight is 380 g/mol. The number of nitrogens with zero attached hydrogens (tertiary/aromatic N) is 2. The first-order valence-electron chi connectivity index (χ1n) is 8.11.